The fourth-order valence-corrected chi connectivity index (χ4v) is 3.66. The van der Waals surface area contributed by atoms with Gasteiger partial charge in [0.05, 0.1) is 22.3 Å². The van der Waals surface area contributed by atoms with E-state index >= 15 is 0 Å². The van der Waals surface area contributed by atoms with Crippen LogP contribution in [0.2, 0.25) is 10.0 Å². The number of hydrogen-bond donors (Lipinski definition) is 1. The molecule has 5 heteroatoms. The van der Waals surface area contributed by atoms with Crippen molar-refractivity contribution < 1.29 is 4.79 Å². The van der Waals surface area contributed by atoms with Gasteiger partial charge in [-0.25, -0.2) is 0 Å². The van der Waals surface area contributed by atoms with Crippen molar-refractivity contribution in [2.75, 3.05) is 18.9 Å². The van der Waals surface area contributed by atoms with E-state index in [0.717, 1.165) is 19.3 Å². The number of aryl methyl sites for hydroxylation is 1. The largest absolute Gasteiger partial charge is 0.324 e. The van der Waals surface area contributed by atoms with Crippen LogP contribution in [0.25, 0.3) is 0 Å². The number of nitrogens with one attached hydrogen (secondary N) is 1. The smallest absolute Gasteiger partial charge is 0.238 e. The van der Waals surface area contributed by atoms with Gasteiger partial charge in [-0.1, -0.05) is 53.5 Å². The van der Waals surface area contributed by atoms with Gasteiger partial charge in [-0.2, -0.15) is 0 Å². The first-order chi connectivity index (χ1) is 11.6. The molecule has 0 aromatic heterocycles. The third-order valence-electron chi connectivity index (χ3n) is 4.49. The summed E-state index contributed by atoms with van der Waals surface area (Å²) in [6.45, 7) is 0.307. The highest BCUT2D eigenvalue weighted by Gasteiger charge is 2.24. The van der Waals surface area contributed by atoms with Crippen LogP contribution in [0.4, 0.5) is 5.69 Å². The van der Waals surface area contributed by atoms with Crippen LogP contribution < -0.4 is 5.32 Å². The van der Waals surface area contributed by atoms with Gasteiger partial charge in [0, 0.05) is 6.04 Å². The third kappa shape index (κ3) is 3.75. The van der Waals surface area contributed by atoms with E-state index in [-0.39, 0.29) is 11.9 Å². The Morgan fingerprint density at radius 1 is 1.21 bits per heavy atom. The second kappa shape index (κ2) is 7.56. The summed E-state index contributed by atoms with van der Waals surface area (Å²) in [4.78, 5) is 14.5. The van der Waals surface area contributed by atoms with Crippen molar-refractivity contribution in [3.05, 3.63) is 63.6 Å². The maximum Gasteiger partial charge on any atom is 0.238 e. The van der Waals surface area contributed by atoms with Crippen LogP contribution in [0.5, 0.6) is 0 Å². The first kappa shape index (κ1) is 17.3. The molecule has 0 bridgehead atoms. The molecule has 0 saturated heterocycles. The molecule has 1 aliphatic carbocycles. The van der Waals surface area contributed by atoms with Gasteiger partial charge in [-0.15, -0.1) is 0 Å². The van der Waals surface area contributed by atoms with Gasteiger partial charge in [0.2, 0.25) is 5.91 Å². The molecule has 0 unspecified atom stereocenters. The molecule has 0 aliphatic heterocycles. The summed E-state index contributed by atoms with van der Waals surface area (Å²) in [7, 11) is 1.99. The van der Waals surface area contributed by atoms with E-state index in [0.29, 0.717) is 22.3 Å². The summed E-state index contributed by atoms with van der Waals surface area (Å²) in [5, 5.41) is 3.66. The molecular formula is C19H20Cl2N2O. The average Bonchev–Trinajstić information content (AvgIpc) is 2.58. The van der Waals surface area contributed by atoms with Gasteiger partial charge in [-0.05, 0) is 49.6 Å². The topological polar surface area (TPSA) is 32.3 Å². The molecular weight excluding hydrogens is 343 g/mol. The number of likely N-dealkylation sites (N-methyl/N-ethyl adjacent to an activating group) is 1. The fraction of sp³-hybridized carbons (Fsp3) is 0.316. The van der Waals surface area contributed by atoms with E-state index < -0.39 is 0 Å². The van der Waals surface area contributed by atoms with E-state index in [1.165, 1.54) is 11.1 Å². The summed E-state index contributed by atoms with van der Waals surface area (Å²) >= 11 is 12.1. The standard InChI is InChI=1S/C19H20Cl2N2O/c1-23(17-11-4-7-13-6-2-3-8-14(13)17)12-18(24)22-16-10-5-9-15(20)19(16)21/h2-3,5-6,8-10,17H,4,7,11-12H2,1H3,(H,22,24)/t17-/m1/s1. The van der Waals surface area contributed by atoms with Crippen molar-refractivity contribution in [2.45, 2.75) is 25.3 Å². The summed E-state index contributed by atoms with van der Waals surface area (Å²) < 4.78 is 0. The molecule has 1 amide bonds. The van der Waals surface area contributed by atoms with E-state index in [4.69, 9.17) is 23.2 Å². The molecule has 3 nitrogen and oxygen atoms in total. The predicted octanol–water partition coefficient (Wildman–Crippen LogP) is 4.94. The van der Waals surface area contributed by atoms with Crippen molar-refractivity contribution in [3.63, 3.8) is 0 Å². The van der Waals surface area contributed by atoms with Crippen molar-refractivity contribution in [2.24, 2.45) is 0 Å². The third-order valence-corrected chi connectivity index (χ3v) is 5.31. The van der Waals surface area contributed by atoms with Crippen molar-refractivity contribution in [3.8, 4) is 0 Å². The van der Waals surface area contributed by atoms with Crippen LogP contribution in [0.15, 0.2) is 42.5 Å². The number of anilines is 1. The first-order valence-corrected chi connectivity index (χ1v) is 8.84. The summed E-state index contributed by atoms with van der Waals surface area (Å²) in [6, 6.07) is 14.0. The number of carbonyl (C=O) groups excluding carboxylic acids is 1. The summed E-state index contributed by atoms with van der Waals surface area (Å²) in [5.41, 5.74) is 3.27. The lowest BCUT2D eigenvalue weighted by atomic mass is 9.87. The van der Waals surface area contributed by atoms with Crippen LogP contribution in [0.3, 0.4) is 0 Å². The minimum atomic E-state index is -0.0929. The number of fused-ring (bicyclic) bond motifs is 1. The van der Waals surface area contributed by atoms with E-state index in [9.17, 15) is 4.79 Å². The van der Waals surface area contributed by atoms with Gasteiger partial charge in [0.25, 0.3) is 0 Å². The van der Waals surface area contributed by atoms with Crippen LogP contribution >= 0.6 is 23.2 Å². The SMILES string of the molecule is CN(CC(=O)Nc1cccc(Cl)c1Cl)[C@@H]1CCCc2ccccc21. The maximum atomic E-state index is 12.4. The quantitative estimate of drug-likeness (QED) is 0.834. The Hall–Kier alpha value is -1.55. The molecule has 0 spiro atoms. The summed E-state index contributed by atoms with van der Waals surface area (Å²) in [5.74, 6) is -0.0929. The number of nitrogens with zero attached hydrogens (tertiary/aromatic N) is 1. The minimum absolute atomic E-state index is 0.0929. The maximum absolute atomic E-state index is 12.4. The fourth-order valence-electron chi connectivity index (χ4n) is 3.31. The molecule has 0 fully saturated rings. The summed E-state index contributed by atoms with van der Waals surface area (Å²) in [6.07, 6.45) is 3.33. The second-order valence-corrected chi connectivity index (χ2v) is 6.96. The van der Waals surface area contributed by atoms with Crippen molar-refractivity contribution in [1.82, 2.24) is 4.90 Å². The molecule has 2 aromatic carbocycles. The van der Waals surface area contributed by atoms with Crippen LogP contribution in [-0.4, -0.2) is 24.4 Å². The zero-order valence-electron chi connectivity index (χ0n) is 13.6. The molecule has 1 aliphatic rings. The highest BCUT2D eigenvalue weighted by molar-refractivity contribution is 6.43. The molecule has 1 atom stereocenters. The lowest BCUT2D eigenvalue weighted by molar-refractivity contribution is -0.117. The lowest BCUT2D eigenvalue weighted by Crippen LogP contribution is -2.35. The Morgan fingerprint density at radius 2 is 2.00 bits per heavy atom. The number of hydrogen-bond acceptors (Lipinski definition) is 2. The Labute approximate surface area is 152 Å². The minimum Gasteiger partial charge on any atom is -0.324 e. The predicted molar refractivity (Wildman–Crippen MR) is 99.8 cm³/mol. The normalized spacial score (nSPS) is 16.8. The van der Waals surface area contributed by atoms with Gasteiger partial charge < -0.3 is 5.32 Å². The Morgan fingerprint density at radius 3 is 2.83 bits per heavy atom. The highest BCUT2D eigenvalue weighted by Crippen LogP contribution is 2.33. The van der Waals surface area contributed by atoms with Crippen LogP contribution in [-0.2, 0) is 11.2 Å². The van der Waals surface area contributed by atoms with Crippen molar-refractivity contribution in [1.29, 1.82) is 0 Å². The van der Waals surface area contributed by atoms with Gasteiger partial charge in [0.15, 0.2) is 0 Å². The van der Waals surface area contributed by atoms with Crippen LogP contribution in [0.1, 0.15) is 30.0 Å². The van der Waals surface area contributed by atoms with E-state index in [2.05, 4.69) is 34.5 Å². The molecule has 3 rings (SSSR count). The molecule has 0 saturated carbocycles. The Balaban J connectivity index is 1.68. The molecule has 24 heavy (non-hydrogen) atoms. The van der Waals surface area contributed by atoms with Crippen LogP contribution in [0, 0.1) is 0 Å². The Bertz CT molecular complexity index is 748. The highest BCUT2D eigenvalue weighted by atomic mass is 35.5. The lowest BCUT2D eigenvalue weighted by Gasteiger charge is -2.32. The van der Waals surface area contributed by atoms with E-state index in [1.807, 2.05) is 7.05 Å². The van der Waals surface area contributed by atoms with Gasteiger partial charge in [-0.3, -0.25) is 9.69 Å². The number of halogens is 2. The zero-order valence-corrected chi connectivity index (χ0v) is 15.1. The number of rotatable bonds is 4. The molecule has 0 heterocycles. The van der Waals surface area contributed by atoms with Gasteiger partial charge >= 0.3 is 0 Å². The zero-order chi connectivity index (χ0) is 17.1. The van der Waals surface area contributed by atoms with Crippen molar-refractivity contribution >= 4 is 34.8 Å². The van der Waals surface area contributed by atoms with Gasteiger partial charge in [0.1, 0.15) is 0 Å². The Kier molecular flexibility index (Phi) is 5.44. The molecule has 2 aromatic rings. The average molecular weight is 363 g/mol. The molecule has 1 N–H and O–H groups in total. The number of amides is 1. The molecule has 0 radical (unpaired) electrons. The second-order valence-electron chi connectivity index (χ2n) is 6.17. The number of carbonyl (C=O) groups is 1. The monoisotopic (exact) mass is 362 g/mol. The number of benzene rings is 2. The first-order valence-electron chi connectivity index (χ1n) is 8.08. The molecule has 126 valence electrons. The van der Waals surface area contributed by atoms with E-state index in [1.54, 1.807) is 18.2 Å².